The van der Waals surface area contributed by atoms with Crippen molar-refractivity contribution in [1.29, 1.82) is 0 Å². The minimum atomic E-state index is -1.00. The molecule has 0 saturated heterocycles. The smallest absolute Gasteiger partial charge is 0.122 e. The van der Waals surface area contributed by atoms with E-state index >= 15 is 0 Å². The molecule has 0 spiro atoms. The number of alkyl halides is 2. The lowest BCUT2D eigenvalue weighted by Crippen LogP contribution is -2.36. The van der Waals surface area contributed by atoms with E-state index in [0.717, 1.165) is 0 Å². The molecule has 0 aromatic carbocycles. The lowest BCUT2D eigenvalue weighted by molar-refractivity contribution is 0.0105. The first kappa shape index (κ1) is 11.6. The summed E-state index contributed by atoms with van der Waals surface area (Å²) in [4.78, 5) is 0. The van der Waals surface area contributed by atoms with E-state index in [4.69, 9.17) is 22.8 Å². The summed E-state index contributed by atoms with van der Waals surface area (Å²) in [6.07, 6.45) is 4.41. The molecule has 0 aliphatic heterocycles. The number of hydrogen-bond donors (Lipinski definition) is 0. The molecule has 1 rings (SSSR count). The molecule has 4 unspecified atom stereocenters. The van der Waals surface area contributed by atoms with Crippen LogP contribution in [0.15, 0.2) is 12.2 Å². The molecule has 0 N–H and O–H groups in total. The van der Waals surface area contributed by atoms with Crippen LogP contribution in [0.25, 0.3) is 0 Å². The number of halogens is 2. The molecule has 78 valence electrons. The van der Waals surface area contributed by atoms with E-state index in [2.05, 4.69) is 12.5 Å². The Labute approximate surface area is 89.3 Å². The molecule has 1 saturated carbocycles. The van der Waals surface area contributed by atoms with Crippen molar-refractivity contribution in [2.24, 2.45) is 0 Å². The maximum Gasteiger partial charge on any atom is 0.122 e. The maximum atomic E-state index is 13.1. The molecule has 4 atom stereocenters. The summed E-state index contributed by atoms with van der Waals surface area (Å²) in [6.45, 7) is 5.42. The van der Waals surface area contributed by atoms with Crippen molar-refractivity contribution < 1.29 is 9.13 Å². The summed E-state index contributed by atoms with van der Waals surface area (Å²) < 4.78 is 18.6. The van der Waals surface area contributed by atoms with Crippen molar-refractivity contribution in [3.63, 3.8) is 0 Å². The molecule has 0 radical (unpaired) electrons. The summed E-state index contributed by atoms with van der Waals surface area (Å²) in [7, 11) is 0. The SMILES string of the molecule is C#CC(C)OC1CC(=C)C(F)CC1Cl. The van der Waals surface area contributed by atoms with Crippen LogP contribution in [0.2, 0.25) is 0 Å². The van der Waals surface area contributed by atoms with Crippen molar-refractivity contribution in [3.05, 3.63) is 12.2 Å². The minimum absolute atomic E-state index is 0.206. The Balaban J connectivity index is 2.54. The number of ether oxygens (including phenoxy) is 1. The number of hydrogen-bond acceptors (Lipinski definition) is 1. The van der Waals surface area contributed by atoms with E-state index in [9.17, 15) is 4.39 Å². The fourth-order valence-corrected chi connectivity index (χ4v) is 1.77. The Morgan fingerprint density at radius 2 is 2.43 bits per heavy atom. The molecule has 0 aromatic heterocycles. The lowest BCUT2D eigenvalue weighted by atomic mass is 9.91. The van der Waals surface area contributed by atoms with Crippen LogP contribution < -0.4 is 0 Å². The molecule has 1 aliphatic carbocycles. The second-order valence-corrected chi connectivity index (χ2v) is 4.13. The van der Waals surface area contributed by atoms with Crippen LogP contribution in [-0.4, -0.2) is 23.8 Å². The molecule has 3 heteroatoms. The highest BCUT2D eigenvalue weighted by Crippen LogP contribution is 2.31. The zero-order valence-corrected chi connectivity index (χ0v) is 8.93. The van der Waals surface area contributed by atoms with Gasteiger partial charge in [0.15, 0.2) is 0 Å². The largest absolute Gasteiger partial charge is 0.361 e. The highest BCUT2D eigenvalue weighted by atomic mass is 35.5. The predicted molar refractivity (Wildman–Crippen MR) is 56.1 cm³/mol. The Bertz CT molecular complexity index is 259. The third-order valence-corrected chi connectivity index (χ3v) is 2.81. The molecule has 14 heavy (non-hydrogen) atoms. The van der Waals surface area contributed by atoms with E-state index in [-0.39, 0.29) is 24.0 Å². The Kier molecular flexibility index (Phi) is 3.97. The van der Waals surface area contributed by atoms with Gasteiger partial charge in [-0.25, -0.2) is 4.39 Å². The topological polar surface area (TPSA) is 9.23 Å². The van der Waals surface area contributed by atoms with Gasteiger partial charge in [-0.1, -0.05) is 12.5 Å². The van der Waals surface area contributed by atoms with Gasteiger partial charge in [-0.3, -0.25) is 0 Å². The Hall–Kier alpha value is -0.520. The van der Waals surface area contributed by atoms with Gasteiger partial charge in [0, 0.05) is 6.42 Å². The van der Waals surface area contributed by atoms with E-state index in [1.165, 1.54) is 0 Å². The molecule has 1 fully saturated rings. The van der Waals surface area contributed by atoms with Crippen LogP contribution in [-0.2, 0) is 4.74 Å². The monoisotopic (exact) mass is 216 g/mol. The Morgan fingerprint density at radius 3 is 3.00 bits per heavy atom. The van der Waals surface area contributed by atoms with E-state index in [1.807, 2.05) is 0 Å². The van der Waals surface area contributed by atoms with Crippen molar-refractivity contribution in [3.8, 4) is 12.3 Å². The third-order valence-electron chi connectivity index (χ3n) is 2.36. The van der Waals surface area contributed by atoms with Gasteiger partial charge >= 0.3 is 0 Å². The van der Waals surface area contributed by atoms with Crippen LogP contribution in [0.4, 0.5) is 4.39 Å². The van der Waals surface area contributed by atoms with Crippen LogP contribution in [0.5, 0.6) is 0 Å². The first-order chi connectivity index (χ1) is 6.54. The molecule has 0 heterocycles. The minimum Gasteiger partial charge on any atom is -0.361 e. The molecule has 0 bridgehead atoms. The fraction of sp³-hybridized carbons (Fsp3) is 0.636. The Morgan fingerprint density at radius 1 is 1.79 bits per heavy atom. The normalized spacial score (nSPS) is 35.0. The average Bonchev–Trinajstić information content (AvgIpc) is 2.14. The predicted octanol–water partition coefficient (Wildman–Crippen LogP) is 2.69. The standard InChI is InChI=1S/C11H14ClFO/c1-4-8(3)14-11-5-7(2)10(13)6-9(11)12/h1,8-11H,2,5-6H2,3H3. The molecule has 1 aliphatic rings. The lowest BCUT2D eigenvalue weighted by Gasteiger charge is -2.31. The molecular weight excluding hydrogens is 203 g/mol. The van der Waals surface area contributed by atoms with Gasteiger partial charge in [-0.05, 0) is 18.9 Å². The maximum absolute atomic E-state index is 13.1. The third kappa shape index (κ3) is 2.73. The zero-order valence-electron chi connectivity index (χ0n) is 8.17. The summed E-state index contributed by atoms with van der Waals surface area (Å²) >= 11 is 5.97. The second kappa shape index (κ2) is 4.82. The van der Waals surface area contributed by atoms with E-state index in [1.54, 1.807) is 6.92 Å². The summed E-state index contributed by atoms with van der Waals surface area (Å²) in [5.74, 6) is 2.45. The molecule has 0 amide bonds. The highest BCUT2D eigenvalue weighted by Gasteiger charge is 2.32. The average molecular weight is 217 g/mol. The van der Waals surface area contributed by atoms with Gasteiger partial charge in [0.2, 0.25) is 0 Å². The van der Waals surface area contributed by atoms with Crippen LogP contribution in [0.3, 0.4) is 0 Å². The first-order valence-corrected chi connectivity index (χ1v) is 5.05. The van der Waals surface area contributed by atoms with Crippen molar-refractivity contribution in [2.75, 3.05) is 0 Å². The van der Waals surface area contributed by atoms with Gasteiger partial charge in [0.1, 0.15) is 12.3 Å². The van der Waals surface area contributed by atoms with Gasteiger partial charge in [0.05, 0.1) is 11.5 Å². The zero-order chi connectivity index (χ0) is 10.7. The number of terminal acetylenes is 1. The van der Waals surface area contributed by atoms with Crippen LogP contribution >= 0.6 is 11.6 Å². The van der Waals surface area contributed by atoms with E-state index < -0.39 is 6.17 Å². The fourth-order valence-electron chi connectivity index (χ4n) is 1.47. The van der Waals surface area contributed by atoms with Gasteiger partial charge in [0.25, 0.3) is 0 Å². The quantitative estimate of drug-likeness (QED) is 0.392. The van der Waals surface area contributed by atoms with E-state index in [0.29, 0.717) is 12.0 Å². The summed E-state index contributed by atoms with van der Waals surface area (Å²) in [5, 5.41) is -0.314. The first-order valence-electron chi connectivity index (χ1n) is 4.62. The van der Waals surface area contributed by atoms with Crippen molar-refractivity contribution in [2.45, 2.75) is 43.5 Å². The molecular formula is C11H14ClFO. The second-order valence-electron chi connectivity index (χ2n) is 3.57. The molecule has 0 aromatic rings. The summed E-state index contributed by atoms with van der Waals surface area (Å²) in [5.41, 5.74) is 0.552. The van der Waals surface area contributed by atoms with Gasteiger partial charge in [-0.2, -0.15) is 0 Å². The molecule has 1 nitrogen and oxygen atoms in total. The van der Waals surface area contributed by atoms with Crippen LogP contribution in [0.1, 0.15) is 19.8 Å². The van der Waals surface area contributed by atoms with Crippen molar-refractivity contribution in [1.82, 2.24) is 0 Å². The summed E-state index contributed by atoms with van der Waals surface area (Å²) in [6, 6.07) is 0. The number of rotatable bonds is 2. The van der Waals surface area contributed by atoms with Crippen molar-refractivity contribution >= 4 is 11.6 Å². The highest BCUT2D eigenvalue weighted by molar-refractivity contribution is 6.21. The van der Waals surface area contributed by atoms with Gasteiger partial charge < -0.3 is 4.74 Å². The van der Waals surface area contributed by atoms with Crippen LogP contribution in [0, 0.1) is 12.3 Å². The van der Waals surface area contributed by atoms with Gasteiger partial charge in [-0.15, -0.1) is 18.0 Å².